The molecule has 0 spiro atoms. The van der Waals surface area contributed by atoms with Crippen LogP contribution in [0.5, 0.6) is 11.5 Å². The molecule has 3 aromatic rings. The summed E-state index contributed by atoms with van der Waals surface area (Å²) < 4.78 is 38.3. The molecule has 9 heteroatoms. The molecule has 0 saturated heterocycles. The molecule has 1 heterocycles. The van der Waals surface area contributed by atoms with E-state index in [1.54, 1.807) is 12.1 Å². The lowest BCUT2D eigenvalue weighted by Crippen LogP contribution is -2.38. The van der Waals surface area contributed by atoms with E-state index in [2.05, 4.69) is 4.28 Å². The van der Waals surface area contributed by atoms with Gasteiger partial charge in [-0.3, -0.25) is 13.9 Å². The van der Waals surface area contributed by atoms with E-state index in [1.807, 2.05) is 0 Å². The molecular weight excluding hydrogens is 362 g/mol. The molecule has 0 aliphatic carbocycles. The number of rotatable bonds is 4. The van der Waals surface area contributed by atoms with E-state index in [9.17, 15) is 18.0 Å². The van der Waals surface area contributed by atoms with Crippen LogP contribution < -0.4 is 24.9 Å². The second kappa shape index (κ2) is 6.34. The third-order valence-corrected chi connectivity index (χ3v) is 4.20. The Kier molecular flexibility index (Phi) is 4.33. The Labute approximate surface area is 148 Å². The molecule has 26 heavy (non-hydrogen) atoms. The minimum atomic E-state index is -4.10. The summed E-state index contributed by atoms with van der Waals surface area (Å²) in [7, 11) is -1.16. The van der Waals surface area contributed by atoms with Gasteiger partial charge in [0, 0.05) is 0 Å². The van der Waals surface area contributed by atoms with Crippen molar-refractivity contribution in [2.75, 3.05) is 20.5 Å². The number of benzene rings is 2. The summed E-state index contributed by atoms with van der Waals surface area (Å²) in [5.74, 6) is 0.936. The number of hydrogen-bond acceptors (Lipinski definition) is 7. The average Bonchev–Trinajstić information content (AvgIpc) is 2.70. The van der Waals surface area contributed by atoms with Crippen molar-refractivity contribution in [3.05, 3.63) is 57.1 Å². The van der Waals surface area contributed by atoms with Crippen LogP contribution in [-0.4, -0.2) is 33.6 Å². The molecule has 3 rings (SSSR count). The van der Waals surface area contributed by atoms with Crippen LogP contribution in [0.1, 0.15) is 0 Å². The second-order valence-electron chi connectivity index (χ2n) is 5.51. The first-order valence-corrected chi connectivity index (χ1v) is 9.21. The standard InChI is InChI=1S/C17H15NO7S/c1-23-10-4-6-12-14(8-10)15-9-11(24-2)5-7-13(15)17(20)18(16(12)19)25-26(3,21)22/h4-9H,1-3H3. The van der Waals surface area contributed by atoms with Crippen molar-refractivity contribution in [1.82, 2.24) is 4.73 Å². The lowest BCUT2D eigenvalue weighted by Gasteiger charge is -2.03. The summed E-state index contributed by atoms with van der Waals surface area (Å²) in [6.45, 7) is 0. The summed E-state index contributed by atoms with van der Waals surface area (Å²) in [6, 6.07) is 9.12. The van der Waals surface area contributed by atoms with E-state index in [-0.39, 0.29) is 15.5 Å². The van der Waals surface area contributed by atoms with Gasteiger partial charge in [0.2, 0.25) is 0 Å². The van der Waals surface area contributed by atoms with Gasteiger partial charge >= 0.3 is 10.1 Å². The van der Waals surface area contributed by atoms with Crippen molar-refractivity contribution in [2.24, 2.45) is 0 Å². The van der Waals surface area contributed by atoms with Gasteiger partial charge in [-0.15, -0.1) is 0 Å². The van der Waals surface area contributed by atoms with Crippen LogP contribution in [0.3, 0.4) is 0 Å². The van der Waals surface area contributed by atoms with E-state index in [0.29, 0.717) is 22.3 Å². The van der Waals surface area contributed by atoms with E-state index in [1.165, 1.54) is 38.5 Å². The van der Waals surface area contributed by atoms with Crippen molar-refractivity contribution in [1.29, 1.82) is 0 Å². The van der Waals surface area contributed by atoms with Gasteiger partial charge in [-0.2, -0.15) is 8.42 Å². The van der Waals surface area contributed by atoms with Crippen LogP contribution in [0.25, 0.3) is 21.5 Å². The van der Waals surface area contributed by atoms with Crippen molar-refractivity contribution >= 4 is 31.7 Å². The van der Waals surface area contributed by atoms with Crippen molar-refractivity contribution in [2.45, 2.75) is 0 Å². The number of nitrogens with zero attached hydrogens (tertiary/aromatic N) is 1. The van der Waals surface area contributed by atoms with Gasteiger partial charge in [0.15, 0.2) is 0 Å². The first-order chi connectivity index (χ1) is 12.2. The van der Waals surface area contributed by atoms with Gasteiger partial charge < -0.3 is 9.47 Å². The molecule has 0 fully saturated rings. The molecule has 0 atom stereocenters. The van der Waals surface area contributed by atoms with Gasteiger partial charge in [-0.1, -0.05) is 4.73 Å². The summed E-state index contributed by atoms with van der Waals surface area (Å²) in [5, 5.41) is 0.983. The number of hydrogen-bond donors (Lipinski definition) is 0. The molecule has 0 N–H and O–H groups in total. The van der Waals surface area contributed by atoms with Crippen LogP contribution in [0.2, 0.25) is 0 Å². The van der Waals surface area contributed by atoms with Crippen molar-refractivity contribution in [3.63, 3.8) is 0 Å². The zero-order valence-electron chi connectivity index (χ0n) is 14.2. The molecule has 0 saturated carbocycles. The van der Waals surface area contributed by atoms with E-state index >= 15 is 0 Å². The smallest absolute Gasteiger partial charge is 0.324 e. The van der Waals surface area contributed by atoms with E-state index < -0.39 is 21.2 Å². The van der Waals surface area contributed by atoms with Crippen molar-refractivity contribution < 1.29 is 22.2 Å². The molecule has 0 aliphatic heterocycles. The zero-order chi connectivity index (χ0) is 19.1. The molecule has 0 unspecified atom stereocenters. The molecule has 8 nitrogen and oxygen atoms in total. The minimum Gasteiger partial charge on any atom is -0.497 e. The molecule has 0 aliphatic rings. The van der Waals surface area contributed by atoms with Crippen LogP contribution in [0.15, 0.2) is 46.0 Å². The monoisotopic (exact) mass is 377 g/mol. The lowest BCUT2D eigenvalue weighted by atomic mass is 10.1. The number of fused-ring (bicyclic) bond motifs is 3. The Bertz CT molecular complexity index is 1170. The quantitative estimate of drug-likeness (QED) is 0.666. The summed E-state index contributed by atoms with van der Waals surface area (Å²) in [5.41, 5.74) is -1.79. The molecule has 0 amide bonds. The van der Waals surface area contributed by atoms with Gasteiger partial charge in [0.05, 0.1) is 31.2 Å². The van der Waals surface area contributed by atoms with Crippen molar-refractivity contribution in [3.8, 4) is 11.5 Å². The topological polar surface area (TPSA) is 101 Å². The average molecular weight is 377 g/mol. The van der Waals surface area contributed by atoms with E-state index in [4.69, 9.17) is 9.47 Å². The third-order valence-electron chi connectivity index (χ3n) is 3.78. The maximum atomic E-state index is 12.8. The molecule has 136 valence electrons. The third kappa shape index (κ3) is 3.08. The normalized spacial score (nSPS) is 11.5. The Morgan fingerprint density at radius 3 is 1.54 bits per heavy atom. The summed E-state index contributed by atoms with van der Waals surface area (Å²) >= 11 is 0. The molecule has 2 aromatic carbocycles. The predicted octanol–water partition coefficient (Wildman–Crippen LogP) is 0.920. The number of methoxy groups -OCH3 is 2. The largest absolute Gasteiger partial charge is 0.497 e. The molecular formula is C17H15NO7S. The van der Waals surface area contributed by atoms with Crippen LogP contribution in [0.4, 0.5) is 0 Å². The Hall–Kier alpha value is -3.07. The Balaban J connectivity index is 2.64. The SMILES string of the molecule is COc1ccc2c(=O)n(OS(C)(=O)=O)c(=O)c3ccc(OC)cc3c2c1. The first kappa shape index (κ1) is 17.7. The maximum absolute atomic E-state index is 12.8. The Morgan fingerprint density at radius 1 is 0.769 bits per heavy atom. The van der Waals surface area contributed by atoms with E-state index in [0.717, 1.165) is 6.26 Å². The van der Waals surface area contributed by atoms with Crippen LogP contribution in [0, 0.1) is 0 Å². The summed E-state index contributed by atoms with van der Waals surface area (Å²) in [6.07, 6.45) is 0.752. The van der Waals surface area contributed by atoms with Gasteiger partial charge in [-0.05, 0) is 47.2 Å². The highest BCUT2D eigenvalue weighted by atomic mass is 32.2. The number of ether oxygens (including phenoxy) is 2. The first-order valence-electron chi connectivity index (χ1n) is 7.40. The highest BCUT2D eigenvalue weighted by Crippen LogP contribution is 2.27. The number of aromatic nitrogens is 1. The molecule has 0 radical (unpaired) electrons. The summed E-state index contributed by atoms with van der Waals surface area (Å²) in [4.78, 5) is 25.6. The fourth-order valence-electron chi connectivity index (χ4n) is 2.63. The van der Waals surface area contributed by atoms with Crippen LogP contribution >= 0.6 is 0 Å². The lowest BCUT2D eigenvalue weighted by molar-refractivity contribution is 0.264. The zero-order valence-corrected chi connectivity index (χ0v) is 15.0. The van der Waals surface area contributed by atoms with Gasteiger partial charge in [0.1, 0.15) is 11.5 Å². The second-order valence-corrected chi connectivity index (χ2v) is 7.06. The van der Waals surface area contributed by atoms with Gasteiger partial charge in [0.25, 0.3) is 11.1 Å². The van der Waals surface area contributed by atoms with Crippen LogP contribution in [-0.2, 0) is 10.1 Å². The molecule has 1 aromatic heterocycles. The van der Waals surface area contributed by atoms with Gasteiger partial charge in [-0.25, -0.2) is 0 Å². The predicted molar refractivity (Wildman–Crippen MR) is 96.5 cm³/mol. The molecule has 0 bridgehead atoms. The Morgan fingerprint density at radius 2 is 1.19 bits per heavy atom. The fourth-order valence-corrected chi connectivity index (χ4v) is 3.04. The fraction of sp³-hybridized carbons (Fsp3) is 0.176. The highest BCUT2D eigenvalue weighted by Gasteiger charge is 2.16. The minimum absolute atomic E-state index is 0.0924. The highest BCUT2D eigenvalue weighted by molar-refractivity contribution is 7.86. The maximum Gasteiger partial charge on any atom is 0.324 e.